The Morgan fingerprint density at radius 1 is 0.976 bits per heavy atom. The number of fused-ring (bicyclic) bond motifs is 1. The van der Waals surface area contributed by atoms with E-state index in [4.69, 9.17) is 26.8 Å². The molecule has 1 aliphatic rings. The first-order valence-electron chi connectivity index (χ1n) is 13.3. The van der Waals surface area contributed by atoms with Crippen molar-refractivity contribution in [2.24, 2.45) is 0 Å². The molecule has 1 aliphatic heterocycles. The number of ether oxygens (including phenoxy) is 2. The fraction of sp³-hybridized carbons (Fsp3) is 0.188. The van der Waals surface area contributed by atoms with Crippen molar-refractivity contribution < 1.29 is 18.3 Å². The quantitative estimate of drug-likeness (QED) is 0.192. The van der Waals surface area contributed by atoms with E-state index in [0.29, 0.717) is 32.9 Å². The van der Waals surface area contributed by atoms with Gasteiger partial charge in [-0.25, -0.2) is 18.7 Å². The van der Waals surface area contributed by atoms with Crippen LogP contribution in [0.25, 0.3) is 33.2 Å². The van der Waals surface area contributed by atoms with Gasteiger partial charge in [0.2, 0.25) is 5.88 Å². The van der Waals surface area contributed by atoms with Crippen molar-refractivity contribution in [2.75, 3.05) is 44.0 Å². The average Bonchev–Trinajstić information content (AvgIpc) is 3.00. The maximum atomic E-state index is 14.2. The summed E-state index contributed by atoms with van der Waals surface area (Å²) >= 11 is 7.96. The maximum absolute atomic E-state index is 14.2. The van der Waals surface area contributed by atoms with Crippen LogP contribution in [0.15, 0.2) is 77.8 Å². The van der Waals surface area contributed by atoms with E-state index in [-0.39, 0.29) is 0 Å². The Labute approximate surface area is 251 Å². The number of hydrogen-bond acceptors (Lipinski definition) is 7. The Hall–Kier alpha value is -3.92. The van der Waals surface area contributed by atoms with Gasteiger partial charge in [0.1, 0.15) is 17.5 Å². The maximum Gasteiger partial charge on any atom is 0.217 e. The normalized spacial score (nSPS) is 13.5. The fourth-order valence-electron chi connectivity index (χ4n) is 5.02. The molecule has 1 saturated heterocycles. The number of pyridine rings is 2. The largest absolute Gasteiger partial charge is 0.481 e. The summed E-state index contributed by atoms with van der Waals surface area (Å²) in [6.45, 7) is 3.19. The van der Waals surface area contributed by atoms with E-state index in [0.717, 1.165) is 71.3 Å². The van der Waals surface area contributed by atoms with Crippen LogP contribution in [0.1, 0.15) is 5.56 Å². The van der Waals surface area contributed by atoms with E-state index in [1.807, 2.05) is 18.2 Å². The van der Waals surface area contributed by atoms with E-state index < -0.39 is 11.6 Å². The minimum atomic E-state index is -0.617. The number of morpholine rings is 1. The lowest BCUT2D eigenvalue weighted by Crippen LogP contribution is -2.36. The highest BCUT2D eigenvalue weighted by atomic mass is 35.5. The third kappa shape index (κ3) is 5.86. The Balaban J connectivity index is 1.32. The first-order chi connectivity index (χ1) is 20.4. The summed E-state index contributed by atoms with van der Waals surface area (Å²) in [6, 6.07) is 19.5. The van der Waals surface area contributed by atoms with Gasteiger partial charge in [-0.05, 0) is 54.1 Å². The van der Waals surface area contributed by atoms with Gasteiger partial charge in [-0.2, -0.15) is 0 Å². The van der Waals surface area contributed by atoms with E-state index in [1.165, 1.54) is 31.0 Å². The van der Waals surface area contributed by atoms with Crippen LogP contribution in [-0.4, -0.2) is 43.4 Å². The standard InChI is InChI=1S/C32H27ClF2N4O2S/c1-40-32-22(18-42-30-7-4-23(34)15-28(30)35)12-21(17-37-32)25-13-20-14-26(31(36)38-29(20)16-27(25)33)19-2-5-24(6-3-19)39-8-10-41-11-9-39/h2-7,12-17H,8-11,18H2,1H3,(H2,36,38). The van der Waals surface area contributed by atoms with Crippen molar-refractivity contribution in [1.82, 2.24) is 9.97 Å². The van der Waals surface area contributed by atoms with Gasteiger partial charge in [-0.3, -0.25) is 0 Å². The van der Waals surface area contributed by atoms with Crippen LogP contribution in [0.3, 0.4) is 0 Å². The molecule has 2 aromatic heterocycles. The van der Waals surface area contributed by atoms with Crippen molar-refractivity contribution in [3.63, 3.8) is 0 Å². The second kappa shape index (κ2) is 12.1. The molecule has 0 atom stereocenters. The molecule has 0 radical (unpaired) electrons. The Bertz CT molecular complexity index is 1770. The number of hydrogen-bond donors (Lipinski definition) is 1. The van der Waals surface area contributed by atoms with Gasteiger partial charge in [0.25, 0.3) is 0 Å². The van der Waals surface area contributed by atoms with Crippen LogP contribution in [0.4, 0.5) is 20.3 Å². The topological polar surface area (TPSA) is 73.5 Å². The van der Waals surface area contributed by atoms with Gasteiger partial charge in [0, 0.05) is 69.3 Å². The lowest BCUT2D eigenvalue weighted by molar-refractivity contribution is 0.122. The highest BCUT2D eigenvalue weighted by molar-refractivity contribution is 7.98. The third-order valence-corrected chi connectivity index (χ3v) is 8.60. The van der Waals surface area contributed by atoms with Crippen LogP contribution in [-0.2, 0) is 10.5 Å². The van der Waals surface area contributed by atoms with Crippen molar-refractivity contribution in [3.8, 4) is 28.1 Å². The van der Waals surface area contributed by atoms with E-state index >= 15 is 0 Å². The van der Waals surface area contributed by atoms with Crippen molar-refractivity contribution in [2.45, 2.75) is 10.6 Å². The molecule has 0 saturated carbocycles. The summed E-state index contributed by atoms with van der Waals surface area (Å²) < 4.78 is 38.5. The molecule has 1 fully saturated rings. The van der Waals surface area contributed by atoms with Gasteiger partial charge >= 0.3 is 0 Å². The molecule has 0 bridgehead atoms. The van der Waals surface area contributed by atoms with Crippen LogP contribution in [0.2, 0.25) is 5.02 Å². The number of nitrogens with zero attached hydrogens (tertiary/aromatic N) is 3. The van der Waals surface area contributed by atoms with Crippen molar-refractivity contribution >= 4 is 45.8 Å². The third-order valence-electron chi connectivity index (χ3n) is 7.19. The molecule has 0 amide bonds. The zero-order valence-electron chi connectivity index (χ0n) is 22.7. The molecule has 0 unspecified atom stereocenters. The highest BCUT2D eigenvalue weighted by Crippen LogP contribution is 2.37. The summed E-state index contributed by atoms with van der Waals surface area (Å²) in [7, 11) is 1.53. The van der Waals surface area contributed by atoms with E-state index in [1.54, 1.807) is 12.3 Å². The monoisotopic (exact) mass is 604 g/mol. The number of methoxy groups -OCH3 is 1. The number of benzene rings is 3. The zero-order chi connectivity index (χ0) is 29.2. The predicted molar refractivity (Wildman–Crippen MR) is 165 cm³/mol. The summed E-state index contributed by atoms with van der Waals surface area (Å²) in [6.07, 6.45) is 1.69. The van der Waals surface area contributed by atoms with Crippen LogP contribution >= 0.6 is 23.4 Å². The zero-order valence-corrected chi connectivity index (χ0v) is 24.3. The molecule has 6 nitrogen and oxygen atoms in total. The lowest BCUT2D eigenvalue weighted by Gasteiger charge is -2.29. The van der Waals surface area contributed by atoms with E-state index in [9.17, 15) is 8.78 Å². The van der Waals surface area contributed by atoms with Crippen molar-refractivity contribution in [1.29, 1.82) is 0 Å². The van der Waals surface area contributed by atoms with Gasteiger partial charge in [-0.15, -0.1) is 11.8 Å². The van der Waals surface area contributed by atoms with Crippen LogP contribution in [0, 0.1) is 11.6 Å². The molecule has 42 heavy (non-hydrogen) atoms. The predicted octanol–water partition coefficient (Wildman–Crippen LogP) is 7.62. The summed E-state index contributed by atoms with van der Waals surface area (Å²) in [5.74, 6) is -0.0280. The minimum absolute atomic E-state index is 0.335. The molecule has 2 N–H and O–H groups in total. The molecule has 5 aromatic rings. The highest BCUT2D eigenvalue weighted by Gasteiger charge is 2.16. The molecule has 214 valence electrons. The molecular weight excluding hydrogens is 578 g/mol. The number of nitrogens with two attached hydrogens (primary N) is 1. The van der Waals surface area contributed by atoms with Gasteiger partial charge < -0.3 is 20.1 Å². The second-order valence-corrected chi connectivity index (χ2v) is 11.3. The molecule has 6 rings (SSSR count). The fourth-order valence-corrected chi connectivity index (χ4v) is 6.16. The number of nitrogen functional groups attached to an aromatic ring is 1. The minimum Gasteiger partial charge on any atom is -0.481 e. The number of rotatable bonds is 7. The molecule has 0 aliphatic carbocycles. The van der Waals surface area contributed by atoms with Gasteiger partial charge in [-0.1, -0.05) is 23.7 Å². The SMILES string of the molecule is COc1ncc(-c2cc3cc(-c4ccc(N5CCOCC5)cc4)c(N)nc3cc2Cl)cc1CSc1ccc(F)cc1F. The summed E-state index contributed by atoms with van der Waals surface area (Å²) in [4.78, 5) is 11.8. The van der Waals surface area contributed by atoms with Gasteiger partial charge in [0.05, 0.1) is 30.9 Å². The molecule has 10 heteroatoms. The molecular formula is C32H27ClF2N4O2S. The first kappa shape index (κ1) is 28.2. The van der Waals surface area contributed by atoms with E-state index in [2.05, 4.69) is 39.1 Å². The van der Waals surface area contributed by atoms with Crippen LogP contribution in [0.5, 0.6) is 5.88 Å². The summed E-state index contributed by atoms with van der Waals surface area (Å²) in [5.41, 5.74) is 12.3. The van der Waals surface area contributed by atoms with Crippen LogP contribution < -0.4 is 15.4 Å². The first-order valence-corrected chi connectivity index (χ1v) is 14.7. The molecule has 3 aromatic carbocycles. The second-order valence-electron chi connectivity index (χ2n) is 9.85. The average molecular weight is 605 g/mol. The Kier molecular flexibility index (Phi) is 8.15. The van der Waals surface area contributed by atoms with Gasteiger partial charge in [0.15, 0.2) is 0 Å². The number of anilines is 2. The molecule has 3 heterocycles. The number of thioether (sulfide) groups is 1. The smallest absolute Gasteiger partial charge is 0.217 e. The number of aromatic nitrogens is 2. The summed E-state index contributed by atoms with van der Waals surface area (Å²) in [5, 5.41) is 1.36. The Morgan fingerprint density at radius 3 is 2.48 bits per heavy atom. The lowest BCUT2D eigenvalue weighted by atomic mass is 10.00. The molecule has 0 spiro atoms. The Morgan fingerprint density at radius 2 is 1.74 bits per heavy atom. The number of halogens is 3. The van der Waals surface area contributed by atoms with Crippen molar-refractivity contribution in [3.05, 3.63) is 95.1 Å².